The van der Waals surface area contributed by atoms with Crippen molar-refractivity contribution < 1.29 is 9.90 Å². The highest BCUT2D eigenvalue weighted by molar-refractivity contribution is 6.58. The lowest BCUT2D eigenvalue weighted by atomic mass is 10.0. The van der Waals surface area contributed by atoms with Gasteiger partial charge in [-0.1, -0.05) is 37.0 Å². The number of carbonyl (C=O) groups excluding carboxylic acids is 1. The molecule has 0 heterocycles. The van der Waals surface area contributed by atoms with Gasteiger partial charge in [-0.3, -0.25) is 4.79 Å². The van der Waals surface area contributed by atoms with E-state index in [0.29, 0.717) is 0 Å². The van der Waals surface area contributed by atoms with Crippen molar-refractivity contribution in [3.63, 3.8) is 0 Å². The topological polar surface area (TPSA) is 49.3 Å². The van der Waals surface area contributed by atoms with Crippen molar-refractivity contribution >= 4 is 29.1 Å². The zero-order chi connectivity index (χ0) is 11.6. The van der Waals surface area contributed by atoms with Crippen LogP contribution in [-0.2, 0) is 4.79 Å². The van der Waals surface area contributed by atoms with Gasteiger partial charge in [0, 0.05) is 0 Å². The maximum atomic E-state index is 11.6. The van der Waals surface area contributed by atoms with Crippen LogP contribution in [0.25, 0.3) is 0 Å². The summed E-state index contributed by atoms with van der Waals surface area (Å²) in [4.78, 5) is 11.6. The number of rotatable bonds is 4. The Kier molecular flexibility index (Phi) is 4.69. The van der Waals surface area contributed by atoms with Crippen LogP contribution in [0.5, 0.6) is 0 Å². The molecule has 0 aromatic carbocycles. The summed E-state index contributed by atoms with van der Waals surface area (Å²) in [6, 6.07) is 0. The molecule has 0 radical (unpaired) electrons. The SMILES string of the molecule is CC(C)C(Cl)(Cl)C(=O)NC(C)(C)CO. The number of hydrogen-bond acceptors (Lipinski definition) is 2. The molecule has 0 aliphatic carbocycles. The fourth-order valence-electron chi connectivity index (χ4n) is 0.692. The first-order valence-corrected chi connectivity index (χ1v) is 5.20. The van der Waals surface area contributed by atoms with Crippen LogP contribution in [-0.4, -0.2) is 27.5 Å². The van der Waals surface area contributed by atoms with Crippen molar-refractivity contribution in [2.45, 2.75) is 37.6 Å². The first-order chi connectivity index (χ1) is 6.13. The van der Waals surface area contributed by atoms with Crippen LogP contribution in [0.3, 0.4) is 0 Å². The first kappa shape index (κ1) is 14.0. The summed E-state index contributed by atoms with van der Waals surface area (Å²) < 4.78 is -1.45. The number of alkyl halides is 2. The van der Waals surface area contributed by atoms with E-state index in [-0.39, 0.29) is 12.5 Å². The minimum Gasteiger partial charge on any atom is -0.394 e. The normalized spacial score (nSPS) is 13.1. The minimum atomic E-state index is -1.45. The molecule has 0 atom stereocenters. The number of amides is 1. The standard InChI is InChI=1S/C9H17Cl2NO2/c1-6(2)9(10,11)7(14)12-8(3,4)5-13/h6,13H,5H2,1-4H3,(H,12,14). The van der Waals surface area contributed by atoms with Crippen molar-refractivity contribution in [1.82, 2.24) is 5.32 Å². The molecule has 0 aliphatic heterocycles. The summed E-state index contributed by atoms with van der Waals surface area (Å²) >= 11 is 11.7. The Morgan fingerprint density at radius 3 is 2.14 bits per heavy atom. The maximum Gasteiger partial charge on any atom is 0.257 e. The number of aliphatic hydroxyl groups excluding tert-OH is 1. The van der Waals surface area contributed by atoms with E-state index in [2.05, 4.69) is 5.32 Å². The zero-order valence-corrected chi connectivity index (χ0v) is 10.4. The van der Waals surface area contributed by atoms with Crippen LogP contribution < -0.4 is 5.32 Å². The van der Waals surface area contributed by atoms with Gasteiger partial charge in [-0.05, 0) is 19.8 Å². The molecule has 0 aliphatic rings. The second kappa shape index (κ2) is 4.69. The van der Waals surface area contributed by atoms with Gasteiger partial charge in [-0.25, -0.2) is 0 Å². The Labute approximate surface area is 94.8 Å². The van der Waals surface area contributed by atoms with Crippen LogP contribution in [0.2, 0.25) is 0 Å². The summed E-state index contributed by atoms with van der Waals surface area (Å²) in [5, 5.41) is 11.5. The number of carbonyl (C=O) groups is 1. The predicted molar refractivity (Wildman–Crippen MR) is 58.6 cm³/mol. The summed E-state index contributed by atoms with van der Waals surface area (Å²) in [5.41, 5.74) is -0.707. The lowest BCUT2D eigenvalue weighted by molar-refractivity contribution is -0.124. The van der Waals surface area contributed by atoms with Crippen LogP contribution in [0.15, 0.2) is 0 Å². The van der Waals surface area contributed by atoms with Crippen LogP contribution in [0.1, 0.15) is 27.7 Å². The Morgan fingerprint density at radius 2 is 1.86 bits per heavy atom. The van der Waals surface area contributed by atoms with Gasteiger partial charge in [0.15, 0.2) is 4.33 Å². The van der Waals surface area contributed by atoms with Gasteiger partial charge in [-0.15, -0.1) is 0 Å². The third-order valence-electron chi connectivity index (χ3n) is 1.88. The van der Waals surface area contributed by atoms with E-state index in [9.17, 15) is 4.79 Å². The monoisotopic (exact) mass is 241 g/mol. The van der Waals surface area contributed by atoms with Gasteiger partial charge < -0.3 is 10.4 Å². The molecule has 0 fully saturated rings. The van der Waals surface area contributed by atoms with Crippen molar-refractivity contribution in [2.24, 2.45) is 5.92 Å². The van der Waals surface area contributed by atoms with Gasteiger partial charge >= 0.3 is 0 Å². The number of halogens is 2. The number of nitrogens with one attached hydrogen (secondary N) is 1. The third kappa shape index (κ3) is 3.64. The van der Waals surface area contributed by atoms with Crippen molar-refractivity contribution in [3.8, 4) is 0 Å². The summed E-state index contributed by atoms with van der Waals surface area (Å²) in [6.07, 6.45) is 0. The van der Waals surface area contributed by atoms with Crippen LogP contribution in [0, 0.1) is 5.92 Å². The molecule has 5 heteroatoms. The highest BCUT2D eigenvalue weighted by Gasteiger charge is 2.39. The minimum absolute atomic E-state index is 0.166. The highest BCUT2D eigenvalue weighted by Crippen LogP contribution is 2.30. The maximum absolute atomic E-state index is 11.6. The molecular formula is C9H17Cl2NO2. The summed E-state index contributed by atoms with van der Waals surface area (Å²) in [6.45, 7) is 6.72. The fraction of sp³-hybridized carbons (Fsp3) is 0.889. The first-order valence-electron chi connectivity index (χ1n) is 4.45. The molecule has 0 rings (SSSR count). The molecule has 14 heavy (non-hydrogen) atoms. The van der Waals surface area contributed by atoms with E-state index in [1.165, 1.54) is 0 Å². The molecule has 1 amide bonds. The van der Waals surface area contributed by atoms with Gasteiger partial charge in [0.05, 0.1) is 12.1 Å². The number of aliphatic hydroxyl groups is 1. The highest BCUT2D eigenvalue weighted by atomic mass is 35.5. The molecule has 0 saturated heterocycles. The molecule has 0 aromatic heterocycles. The van der Waals surface area contributed by atoms with Gasteiger partial charge in [0.25, 0.3) is 5.91 Å². The fourth-order valence-corrected chi connectivity index (χ4v) is 0.787. The third-order valence-corrected chi connectivity index (χ3v) is 3.09. The Balaban J connectivity index is 4.50. The van der Waals surface area contributed by atoms with Gasteiger partial charge in [0.2, 0.25) is 0 Å². The van der Waals surface area contributed by atoms with E-state index in [1.54, 1.807) is 27.7 Å². The van der Waals surface area contributed by atoms with Crippen molar-refractivity contribution in [2.75, 3.05) is 6.61 Å². The van der Waals surface area contributed by atoms with Crippen LogP contribution >= 0.6 is 23.2 Å². The second-order valence-corrected chi connectivity index (χ2v) is 5.66. The zero-order valence-electron chi connectivity index (χ0n) is 8.90. The lowest BCUT2D eigenvalue weighted by Gasteiger charge is -2.29. The predicted octanol–water partition coefficient (Wildman–Crippen LogP) is 1.70. The Hall–Kier alpha value is 0.01000. The van der Waals surface area contributed by atoms with Gasteiger partial charge in [-0.2, -0.15) is 0 Å². The quantitative estimate of drug-likeness (QED) is 0.737. The molecule has 2 N–H and O–H groups in total. The van der Waals surface area contributed by atoms with Gasteiger partial charge in [0.1, 0.15) is 0 Å². The van der Waals surface area contributed by atoms with E-state index in [1.807, 2.05) is 0 Å². The van der Waals surface area contributed by atoms with Crippen LogP contribution in [0.4, 0.5) is 0 Å². The van der Waals surface area contributed by atoms with E-state index in [4.69, 9.17) is 28.3 Å². The van der Waals surface area contributed by atoms with E-state index >= 15 is 0 Å². The molecule has 0 spiro atoms. The van der Waals surface area contributed by atoms with Crippen molar-refractivity contribution in [3.05, 3.63) is 0 Å². The molecule has 0 saturated carbocycles. The molecule has 3 nitrogen and oxygen atoms in total. The molecule has 0 unspecified atom stereocenters. The Bertz CT molecular complexity index is 215. The van der Waals surface area contributed by atoms with E-state index in [0.717, 1.165) is 0 Å². The smallest absolute Gasteiger partial charge is 0.257 e. The Morgan fingerprint density at radius 1 is 1.43 bits per heavy atom. The molecule has 0 bridgehead atoms. The largest absolute Gasteiger partial charge is 0.394 e. The summed E-state index contributed by atoms with van der Waals surface area (Å²) in [7, 11) is 0. The molecular weight excluding hydrogens is 225 g/mol. The summed E-state index contributed by atoms with van der Waals surface area (Å²) in [5.74, 6) is -0.671. The van der Waals surface area contributed by atoms with Crippen molar-refractivity contribution in [1.29, 1.82) is 0 Å². The second-order valence-electron chi connectivity index (χ2n) is 4.27. The van der Waals surface area contributed by atoms with E-state index < -0.39 is 15.8 Å². The molecule has 84 valence electrons. The average Bonchev–Trinajstić information content (AvgIpc) is 2.03. The lowest BCUT2D eigenvalue weighted by Crippen LogP contribution is -2.53. The average molecular weight is 242 g/mol. The molecule has 0 aromatic rings. The number of hydrogen-bond donors (Lipinski definition) is 2.